The monoisotopic (exact) mass is 434 g/mol. The van der Waals surface area contributed by atoms with Crippen LogP contribution in [0.15, 0.2) is 121 Å². The molecule has 1 fully saturated rings. The minimum atomic E-state index is -2.59. The molecule has 0 bridgehead atoms. The van der Waals surface area contributed by atoms with Gasteiger partial charge in [0.1, 0.15) is 0 Å². The average molecular weight is 435 g/mol. The number of hydrogen-bond acceptors (Lipinski definition) is 2. The van der Waals surface area contributed by atoms with Gasteiger partial charge >= 0.3 is 5.97 Å². The maximum absolute atomic E-state index is 13.4. The molecule has 1 aliphatic carbocycles. The second-order valence-corrected chi connectivity index (χ2v) is 12.5. The summed E-state index contributed by atoms with van der Waals surface area (Å²) >= 11 is 0. The maximum atomic E-state index is 13.4. The molecular formula is C29H26O2Si. The summed E-state index contributed by atoms with van der Waals surface area (Å²) in [7, 11) is -1.08. The summed E-state index contributed by atoms with van der Waals surface area (Å²) in [4.78, 5) is 13.4. The van der Waals surface area contributed by atoms with Crippen molar-refractivity contribution in [3.05, 3.63) is 127 Å². The number of benzene rings is 4. The molecule has 4 aromatic carbocycles. The zero-order valence-corrected chi connectivity index (χ0v) is 19.1. The molecule has 0 aliphatic heterocycles. The topological polar surface area (TPSA) is 26.3 Å². The Morgan fingerprint density at radius 1 is 0.688 bits per heavy atom. The zero-order chi connectivity index (χ0) is 22.0. The zero-order valence-electron chi connectivity index (χ0n) is 18.1. The Bertz CT molecular complexity index is 1100. The summed E-state index contributed by atoms with van der Waals surface area (Å²) in [6, 6.07) is 42.6. The van der Waals surface area contributed by atoms with Crippen LogP contribution in [0, 0.1) is 0 Å². The minimum absolute atomic E-state index is 0.131. The Morgan fingerprint density at radius 3 is 1.44 bits per heavy atom. The smallest absolute Gasteiger partial charge is 0.316 e. The van der Waals surface area contributed by atoms with Gasteiger partial charge in [-0.15, -0.1) is 0 Å². The molecule has 0 saturated heterocycles. The third kappa shape index (κ3) is 3.04. The van der Waals surface area contributed by atoms with E-state index in [4.69, 9.17) is 4.74 Å². The maximum Gasteiger partial charge on any atom is 0.316 e. The van der Waals surface area contributed by atoms with Crippen LogP contribution in [0.1, 0.15) is 12.0 Å². The molecule has 0 heterocycles. The van der Waals surface area contributed by atoms with Gasteiger partial charge in [-0.1, -0.05) is 121 Å². The fraction of sp³-hybridized carbons (Fsp3) is 0.138. The highest BCUT2D eigenvalue weighted by atomic mass is 28.3. The highest BCUT2D eigenvalue weighted by Crippen LogP contribution is 2.63. The number of ether oxygens (including phenoxy) is 1. The quantitative estimate of drug-likeness (QED) is 0.260. The molecule has 0 radical (unpaired) electrons. The second-order valence-electron chi connectivity index (χ2n) is 8.49. The largest absolute Gasteiger partial charge is 0.468 e. The lowest BCUT2D eigenvalue weighted by Gasteiger charge is -2.36. The van der Waals surface area contributed by atoms with Gasteiger partial charge in [0.05, 0.1) is 12.5 Å². The molecule has 0 unspecified atom stereocenters. The first-order chi connectivity index (χ1) is 15.7. The van der Waals surface area contributed by atoms with Crippen LogP contribution >= 0.6 is 0 Å². The lowest BCUT2D eigenvalue weighted by Crippen LogP contribution is -2.68. The summed E-state index contributed by atoms with van der Waals surface area (Å²) in [5.41, 5.74) is 0.567. The van der Waals surface area contributed by atoms with E-state index in [1.165, 1.54) is 22.7 Å². The summed E-state index contributed by atoms with van der Waals surface area (Å²) < 4.78 is 5.45. The van der Waals surface area contributed by atoms with E-state index in [0.29, 0.717) is 0 Å². The average Bonchev–Trinajstić information content (AvgIpc) is 3.64. The summed E-state index contributed by atoms with van der Waals surface area (Å²) in [6.07, 6.45) is 0.786. The van der Waals surface area contributed by atoms with Crippen molar-refractivity contribution in [3.8, 4) is 0 Å². The highest BCUT2D eigenvalue weighted by Gasteiger charge is 2.71. The number of hydrogen-bond donors (Lipinski definition) is 0. The number of carbonyl (C=O) groups excluding carboxylic acids is 1. The molecule has 0 aromatic heterocycles. The first-order valence-corrected chi connectivity index (χ1v) is 13.1. The minimum Gasteiger partial charge on any atom is -0.468 e. The Labute approximate surface area is 190 Å². The van der Waals surface area contributed by atoms with Crippen LogP contribution in [0.25, 0.3) is 0 Å². The molecule has 158 valence electrons. The van der Waals surface area contributed by atoms with Crippen LogP contribution in [0.4, 0.5) is 0 Å². The van der Waals surface area contributed by atoms with Crippen molar-refractivity contribution in [1.29, 1.82) is 0 Å². The molecule has 2 atom stereocenters. The highest BCUT2D eigenvalue weighted by molar-refractivity contribution is 7.13. The van der Waals surface area contributed by atoms with Gasteiger partial charge in [0.2, 0.25) is 0 Å². The van der Waals surface area contributed by atoms with E-state index in [9.17, 15) is 4.79 Å². The van der Waals surface area contributed by atoms with Gasteiger partial charge < -0.3 is 4.74 Å². The molecule has 0 spiro atoms. The van der Waals surface area contributed by atoms with Crippen molar-refractivity contribution >= 4 is 29.6 Å². The molecular weight excluding hydrogens is 408 g/mol. The Morgan fingerprint density at radius 2 is 1.06 bits per heavy atom. The summed E-state index contributed by atoms with van der Waals surface area (Å²) in [5, 5.41) is 3.97. The molecule has 3 heteroatoms. The van der Waals surface area contributed by atoms with E-state index < -0.39 is 13.5 Å². The SMILES string of the molecule is COC(=O)[C@@]1(c2ccccc2)C[C@@H]1[Si](c1ccccc1)(c1ccccc1)c1ccccc1. The van der Waals surface area contributed by atoms with E-state index in [0.717, 1.165) is 12.0 Å². The molecule has 2 nitrogen and oxygen atoms in total. The molecule has 0 N–H and O–H groups in total. The van der Waals surface area contributed by atoms with Gasteiger partial charge in [0, 0.05) is 0 Å². The van der Waals surface area contributed by atoms with Crippen LogP contribution in [-0.2, 0) is 14.9 Å². The van der Waals surface area contributed by atoms with Crippen LogP contribution < -0.4 is 15.6 Å². The van der Waals surface area contributed by atoms with Crippen molar-refractivity contribution < 1.29 is 9.53 Å². The van der Waals surface area contributed by atoms with Crippen LogP contribution in [0.3, 0.4) is 0 Å². The van der Waals surface area contributed by atoms with Crippen molar-refractivity contribution in [1.82, 2.24) is 0 Å². The number of rotatable bonds is 6. The van der Waals surface area contributed by atoms with E-state index >= 15 is 0 Å². The van der Waals surface area contributed by atoms with Gasteiger partial charge in [-0.25, -0.2) is 0 Å². The Kier molecular flexibility index (Phi) is 5.28. The van der Waals surface area contributed by atoms with Crippen molar-refractivity contribution in [3.63, 3.8) is 0 Å². The fourth-order valence-corrected chi connectivity index (χ4v) is 11.6. The van der Waals surface area contributed by atoms with Crippen LogP contribution in [0.5, 0.6) is 0 Å². The molecule has 0 amide bonds. The van der Waals surface area contributed by atoms with E-state index in [1.807, 2.05) is 18.2 Å². The predicted octanol–water partition coefficient (Wildman–Crippen LogP) is 4.04. The third-order valence-electron chi connectivity index (χ3n) is 7.01. The van der Waals surface area contributed by atoms with Crippen molar-refractivity contribution in [2.24, 2.45) is 0 Å². The summed E-state index contributed by atoms with van der Waals surface area (Å²) in [6.45, 7) is 0. The van der Waals surface area contributed by atoms with E-state index in [-0.39, 0.29) is 11.5 Å². The number of esters is 1. The van der Waals surface area contributed by atoms with E-state index in [2.05, 4.69) is 103 Å². The fourth-order valence-electron chi connectivity index (χ4n) is 5.57. The van der Waals surface area contributed by atoms with Gasteiger partial charge in [-0.3, -0.25) is 4.79 Å². The molecule has 32 heavy (non-hydrogen) atoms. The number of carbonyl (C=O) groups is 1. The van der Waals surface area contributed by atoms with Crippen LogP contribution in [0.2, 0.25) is 5.54 Å². The Balaban J connectivity index is 1.83. The van der Waals surface area contributed by atoms with Crippen LogP contribution in [-0.4, -0.2) is 21.2 Å². The van der Waals surface area contributed by atoms with E-state index in [1.54, 1.807) is 0 Å². The molecule has 1 aliphatic rings. The second kappa shape index (κ2) is 8.25. The lowest BCUT2D eigenvalue weighted by molar-refractivity contribution is -0.143. The molecule has 5 rings (SSSR count). The van der Waals surface area contributed by atoms with Gasteiger partial charge in [0.25, 0.3) is 0 Å². The first kappa shape index (κ1) is 20.5. The normalized spacial score (nSPS) is 19.8. The van der Waals surface area contributed by atoms with Crippen molar-refractivity contribution in [2.45, 2.75) is 17.4 Å². The lowest BCUT2D eigenvalue weighted by atomic mass is 9.96. The van der Waals surface area contributed by atoms with Gasteiger partial charge in [0.15, 0.2) is 8.07 Å². The predicted molar refractivity (Wildman–Crippen MR) is 132 cm³/mol. The standard InChI is InChI=1S/C29H26O2Si/c1-31-28(30)29(23-14-6-2-7-15-23)22-27(29)32(24-16-8-3-9-17-24,25-18-10-4-11-19-25)26-20-12-5-13-21-26/h2-21,27H,22H2,1H3/t27-,29+/m0/s1. The Hall–Kier alpha value is -3.43. The molecule has 1 saturated carbocycles. The van der Waals surface area contributed by atoms with Gasteiger partial charge in [-0.2, -0.15) is 0 Å². The third-order valence-corrected chi connectivity index (χ3v) is 12.5. The summed E-state index contributed by atoms with van der Waals surface area (Å²) in [5.74, 6) is -0.131. The first-order valence-electron chi connectivity index (χ1n) is 11.0. The van der Waals surface area contributed by atoms with Crippen molar-refractivity contribution in [2.75, 3.05) is 7.11 Å². The number of methoxy groups -OCH3 is 1. The van der Waals surface area contributed by atoms with Gasteiger partial charge in [-0.05, 0) is 33.1 Å². The molecule has 4 aromatic rings.